The topological polar surface area (TPSA) is 83.5 Å². The molecule has 0 bridgehead atoms. The second-order valence-corrected chi connectivity index (χ2v) is 7.28. The number of Topliss-reactive ketones (excluding diaryl/α,β-unsaturated/α-hetero) is 1. The number of allylic oxidation sites excluding steroid dienone is 1. The summed E-state index contributed by atoms with van der Waals surface area (Å²) in [5.74, 6) is -0.774. The highest BCUT2D eigenvalue weighted by Gasteiger charge is 2.61. The average molecular weight is 319 g/mol. The third kappa shape index (κ3) is 2.60. The van der Waals surface area contributed by atoms with Crippen molar-refractivity contribution in [1.82, 2.24) is 5.32 Å². The number of aliphatic carboxylic acids is 1. The number of nitrogens with one attached hydrogen (secondary N) is 1. The molecule has 0 unspecified atom stereocenters. The zero-order valence-electron chi connectivity index (χ0n) is 13.8. The lowest BCUT2D eigenvalue weighted by molar-refractivity contribution is -0.143. The molecule has 2 N–H and O–H groups in total. The van der Waals surface area contributed by atoms with E-state index in [2.05, 4.69) is 12.2 Å². The summed E-state index contributed by atoms with van der Waals surface area (Å²) in [7, 11) is 0. The quantitative estimate of drug-likeness (QED) is 0.814. The Morgan fingerprint density at radius 3 is 2.61 bits per heavy atom. The molecule has 0 aromatic heterocycles. The van der Waals surface area contributed by atoms with Crippen molar-refractivity contribution in [2.45, 2.75) is 57.9 Å². The maximum Gasteiger partial charge on any atom is 0.329 e. The molecule has 0 aliphatic heterocycles. The van der Waals surface area contributed by atoms with E-state index >= 15 is 0 Å². The van der Waals surface area contributed by atoms with Crippen LogP contribution in [0.2, 0.25) is 0 Å². The monoisotopic (exact) mass is 319 g/mol. The van der Waals surface area contributed by atoms with Gasteiger partial charge >= 0.3 is 5.97 Å². The van der Waals surface area contributed by atoms with Crippen LogP contribution in [0.1, 0.15) is 52.4 Å². The number of carbonyl (C=O) groups excluding carboxylic acids is 2. The number of hydrogen-bond acceptors (Lipinski definition) is 3. The molecular weight excluding hydrogens is 294 g/mol. The van der Waals surface area contributed by atoms with Gasteiger partial charge in [0.05, 0.1) is 0 Å². The Bertz CT molecular complexity index is 582. The molecule has 0 aromatic carbocycles. The number of carbonyl (C=O) groups is 3. The van der Waals surface area contributed by atoms with Gasteiger partial charge in [0.1, 0.15) is 11.3 Å². The number of carboxylic acid groups (broad SMARTS) is 1. The second kappa shape index (κ2) is 5.77. The van der Waals surface area contributed by atoms with Crippen LogP contribution in [0.25, 0.3) is 0 Å². The highest BCUT2D eigenvalue weighted by molar-refractivity contribution is 6.00. The first-order valence-corrected chi connectivity index (χ1v) is 8.73. The lowest BCUT2D eigenvalue weighted by atomic mass is 9.74. The van der Waals surface area contributed by atoms with E-state index in [-0.39, 0.29) is 35.4 Å². The molecule has 0 aromatic rings. The van der Waals surface area contributed by atoms with Crippen molar-refractivity contribution in [3.05, 3.63) is 11.6 Å². The van der Waals surface area contributed by atoms with Crippen molar-refractivity contribution in [2.24, 2.45) is 23.7 Å². The lowest BCUT2D eigenvalue weighted by Gasteiger charge is -2.30. The van der Waals surface area contributed by atoms with Crippen molar-refractivity contribution in [2.75, 3.05) is 0 Å². The van der Waals surface area contributed by atoms with Gasteiger partial charge in [-0.2, -0.15) is 0 Å². The largest absolute Gasteiger partial charge is 0.479 e. The Labute approximate surface area is 136 Å². The van der Waals surface area contributed by atoms with Gasteiger partial charge in [0, 0.05) is 17.9 Å². The number of amides is 1. The Morgan fingerprint density at radius 2 is 2.04 bits per heavy atom. The van der Waals surface area contributed by atoms with Crippen molar-refractivity contribution in [3.63, 3.8) is 0 Å². The number of rotatable bonds is 5. The fourth-order valence-corrected chi connectivity index (χ4v) is 4.44. The van der Waals surface area contributed by atoms with Crippen LogP contribution in [-0.2, 0) is 14.4 Å². The van der Waals surface area contributed by atoms with Crippen LogP contribution in [0.5, 0.6) is 0 Å². The van der Waals surface area contributed by atoms with Gasteiger partial charge in [0.15, 0.2) is 0 Å². The third-order valence-electron chi connectivity index (χ3n) is 6.08. The maximum absolute atomic E-state index is 12.8. The molecule has 0 heterocycles. The minimum absolute atomic E-state index is 0.0103. The molecule has 2 saturated carbocycles. The molecular formula is C18H25NO4. The minimum Gasteiger partial charge on any atom is -0.479 e. The second-order valence-electron chi connectivity index (χ2n) is 7.28. The smallest absolute Gasteiger partial charge is 0.329 e. The van der Waals surface area contributed by atoms with Crippen LogP contribution in [0, 0.1) is 23.7 Å². The van der Waals surface area contributed by atoms with Crippen LogP contribution in [-0.4, -0.2) is 28.3 Å². The van der Waals surface area contributed by atoms with Crippen LogP contribution >= 0.6 is 0 Å². The summed E-state index contributed by atoms with van der Waals surface area (Å²) in [6.07, 6.45) is 6.23. The number of ketones is 1. The van der Waals surface area contributed by atoms with Crippen LogP contribution in [0.15, 0.2) is 11.6 Å². The molecule has 3 aliphatic rings. The van der Waals surface area contributed by atoms with Gasteiger partial charge in [-0.3, -0.25) is 9.59 Å². The molecule has 3 rings (SSSR count). The molecule has 5 heteroatoms. The van der Waals surface area contributed by atoms with E-state index in [4.69, 9.17) is 0 Å². The summed E-state index contributed by atoms with van der Waals surface area (Å²) in [5.41, 5.74) is -0.439. The molecule has 23 heavy (non-hydrogen) atoms. The zero-order chi connectivity index (χ0) is 16.8. The van der Waals surface area contributed by atoms with E-state index < -0.39 is 11.5 Å². The van der Waals surface area contributed by atoms with E-state index in [0.29, 0.717) is 18.4 Å². The molecule has 126 valence electrons. The summed E-state index contributed by atoms with van der Waals surface area (Å²) in [4.78, 5) is 36.4. The van der Waals surface area contributed by atoms with Crippen molar-refractivity contribution >= 4 is 17.7 Å². The Hall–Kier alpha value is -1.65. The molecule has 5 nitrogen and oxygen atoms in total. The maximum atomic E-state index is 12.8. The van der Waals surface area contributed by atoms with Gasteiger partial charge in [-0.25, -0.2) is 4.79 Å². The Morgan fingerprint density at radius 1 is 1.30 bits per heavy atom. The van der Waals surface area contributed by atoms with Crippen LogP contribution in [0.3, 0.4) is 0 Å². The number of carboxylic acids is 1. The van der Waals surface area contributed by atoms with Crippen LogP contribution in [0.4, 0.5) is 0 Å². The first kappa shape index (κ1) is 16.2. The standard InChI is InChI=1S/C18H25NO4/c1-3-10-7-13-12(5-6-15(13)20)14(8-10)16(21)19-18(17(22)23)9-11(18)4-2/h8,10-13H,3-7,9H2,1-2H3,(H,19,21)(H,22,23)/t10-,11+,12-,13-,18-/m1/s1. The molecule has 0 radical (unpaired) electrons. The predicted molar refractivity (Wildman–Crippen MR) is 84.6 cm³/mol. The fourth-order valence-electron chi connectivity index (χ4n) is 4.44. The lowest BCUT2D eigenvalue weighted by Crippen LogP contribution is -2.47. The van der Waals surface area contributed by atoms with E-state index in [0.717, 1.165) is 25.7 Å². The van der Waals surface area contributed by atoms with Crippen LogP contribution < -0.4 is 5.32 Å². The van der Waals surface area contributed by atoms with Gasteiger partial charge in [-0.05, 0) is 43.4 Å². The Kier molecular flexibility index (Phi) is 4.07. The van der Waals surface area contributed by atoms with E-state index in [9.17, 15) is 19.5 Å². The molecule has 0 spiro atoms. The highest BCUT2D eigenvalue weighted by Crippen LogP contribution is 2.48. The summed E-state index contributed by atoms with van der Waals surface area (Å²) in [5, 5.41) is 12.3. The Balaban J connectivity index is 1.82. The number of fused-ring (bicyclic) bond motifs is 1. The first-order chi connectivity index (χ1) is 10.9. The summed E-state index contributed by atoms with van der Waals surface area (Å²) < 4.78 is 0. The average Bonchev–Trinajstić information content (AvgIpc) is 3.14. The van der Waals surface area contributed by atoms with Gasteiger partial charge in [0.2, 0.25) is 5.91 Å². The number of hydrogen-bond donors (Lipinski definition) is 2. The zero-order valence-corrected chi connectivity index (χ0v) is 13.8. The summed E-state index contributed by atoms with van der Waals surface area (Å²) in [6, 6.07) is 0. The first-order valence-electron chi connectivity index (χ1n) is 8.73. The molecule has 5 atom stereocenters. The van der Waals surface area contributed by atoms with E-state index in [1.54, 1.807) is 0 Å². The van der Waals surface area contributed by atoms with E-state index in [1.165, 1.54) is 0 Å². The predicted octanol–water partition coefficient (Wildman–Crippen LogP) is 2.31. The summed E-state index contributed by atoms with van der Waals surface area (Å²) >= 11 is 0. The highest BCUT2D eigenvalue weighted by atomic mass is 16.4. The normalized spacial score (nSPS) is 38.7. The van der Waals surface area contributed by atoms with Gasteiger partial charge < -0.3 is 10.4 Å². The van der Waals surface area contributed by atoms with Gasteiger partial charge in [-0.15, -0.1) is 0 Å². The van der Waals surface area contributed by atoms with Crippen molar-refractivity contribution in [1.29, 1.82) is 0 Å². The molecule has 3 aliphatic carbocycles. The third-order valence-corrected chi connectivity index (χ3v) is 6.08. The fraction of sp³-hybridized carbons (Fsp3) is 0.722. The molecule has 2 fully saturated rings. The summed E-state index contributed by atoms with van der Waals surface area (Å²) in [6.45, 7) is 4.00. The van der Waals surface area contributed by atoms with Crippen molar-refractivity contribution in [3.8, 4) is 0 Å². The van der Waals surface area contributed by atoms with Gasteiger partial charge in [-0.1, -0.05) is 26.3 Å². The molecule has 0 saturated heterocycles. The van der Waals surface area contributed by atoms with E-state index in [1.807, 2.05) is 13.0 Å². The van der Waals surface area contributed by atoms with Crippen molar-refractivity contribution < 1.29 is 19.5 Å². The SMILES string of the molecule is CC[C@H]1C=C(C(=O)N[C@]2(C(=O)O)C[C@@H]2CC)[C@@H]2CCC(=O)[C@@H]2C1. The minimum atomic E-state index is -1.09. The van der Waals surface area contributed by atoms with Gasteiger partial charge in [0.25, 0.3) is 0 Å². The molecule has 1 amide bonds.